The molecule has 1 aliphatic rings. The highest BCUT2D eigenvalue weighted by Gasteiger charge is 2.27. The Kier molecular flexibility index (Phi) is 5.94. The molecule has 4 N–H and O–H groups in total. The summed E-state index contributed by atoms with van der Waals surface area (Å²) in [6, 6.07) is -3.23. The van der Waals surface area contributed by atoms with Crippen molar-refractivity contribution < 1.29 is 29.4 Å². The van der Waals surface area contributed by atoms with Crippen LogP contribution in [0, 0.1) is 0 Å². The number of carboxylic acids is 2. The lowest BCUT2D eigenvalue weighted by molar-refractivity contribution is -0.145. The molecule has 21 heavy (non-hydrogen) atoms. The summed E-state index contributed by atoms with van der Waals surface area (Å²) in [7, 11) is 0. The summed E-state index contributed by atoms with van der Waals surface area (Å²) in [5.74, 6) is -3.04. The molecule has 3 amide bonds. The Bertz CT molecular complexity index is 433. The highest BCUT2D eigenvalue weighted by Crippen LogP contribution is 2.08. The van der Waals surface area contributed by atoms with Gasteiger partial charge in [0.2, 0.25) is 5.91 Å². The number of urea groups is 1. The minimum atomic E-state index is -1.54. The molecule has 1 saturated heterocycles. The number of carbonyl (C=O) groups excluding carboxylic acids is 2. The van der Waals surface area contributed by atoms with Crippen LogP contribution in [-0.4, -0.2) is 64.2 Å². The molecule has 0 saturated carbocycles. The fourth-order valence-electron chi connectivity index (χ4n) is 2.04. The second-order valence-corrected chi connectivity index (χ2v) is 4.86. The Balaban J connectivity index is 2.48. The molecular formula is C12H19N3O6. The van der Waals surface area contributed by atoms with E-state index < -0.39 is 36.5 Å². The van der Waals surface area contributed by atoms with Gasteiger partial charge in [-0.05, 0) is 19.8 Å². The monoisotopic (exact) mass is 301 g/mol. The molecule has 1 fully saturated rings. The molecule has 0 aliphatic carbocycles. The van der Waals surface area contributed by atoms with Crippen LogP contribution in [0.3, 0.4) is 0 Å². The summed E-state index contributed by atoms with van der Waals surface area (Å²) < 4.78 is 0. The molecule has 9 heteroatoms. The summed E-state index contributed by atoms with van der Waals surface area (Å²) in [5.41, 5.74) is 0. The van der Waals surface area contributed by atoms with E-state index in [-0.39, 0.29) is 5.91 Å². The third-order valence-corrected chi connectivity index (χ3v) is 3.12. The SMILES string of the molecule is CC(NC(=O)N[C@H](CC(=O)O)C(=O)O)C(=O)N1CCCC1. The van der Waals surface area contributed by atoms with E-state index in [9.17, 15) is 19.2 Å². The minimum absolute atomic E-state index is 0.243. The Morgan fingerprint density at radius 2 is 1.67 bits per heavy atom. The zero-order chi connectivity index (χ0) is 16.0. The van der Waals surface area contributed by atoms with Crippen molar-refractivity contribution in [1.82, 2.24) is 15.5 Å². The van der Waals surface area contributed by atoms with Crippen LogP contribution in [0.5, 0.6) is 0 Å². The first-order valence-electron chi connectivity index (χ1n) is 6.61. The van der Waals surface area contributed by atoms with Crippen molar-refractivity contribution in [3.8, 4) is 0 Å². The number of nitrogens with one attached hydrogen (secondary N) is 2. The molecule has 0 aromatic rings. The van der Waals surface area contributed by atoms with Crippen LogP contribution in [0.4, 0.5) is 4.79 Å². The smallest absolute Gasteiger partial charge is 0.326 e. The number of likely N-dealkylation sites (tertiary alicyclic amines) is 1. The molecule has 1 heterocycles. The van der Waals surface area contributed by atoms with E-state index >= 15 is 0 Å². The highest BCUT2D eigenvalue weighted by molar-refractivity contribution is 5.89. The van der Waals surface area contributed by atoms with Crippen molar-refractivity contribution in [2.75, 3.05) is 13.1 Å². The second kappa shape index (κ2) is 7.46. The predicted molar refractivity (Wildman–Crippen MR) is 70.6 cm³/mol. The molecule has 2 atom stereocenters. The van der Waals surface area contributed by atoms with Crippen molar-refractivity contribution in [2.45, 2.75) is 38.3 Å². The lowest BCUT2D eigenvalue weighted by atomic mass is 10.2. The summed E-state index contributed by atoms with van der Waals surface area (Å²) >= 11 is 0. The van der Waals surface area contributed by atoms with Gasteiger partial charge in [0.25, 0.3) is 0 Å². The molecule has 1 rings (SSSR count). The van der Waals surface area contributed by atoms with Crippen LogP contribution in [0.15, 0.2) is 0 Å². The molecule has 1 unspecified atom stereocenters. The first-order valence-corrected chi connectivity index (χ1v) is 6.61. The largest absolute Gasteiger partial charge is 0.481 e. The molecule has 9 nitrogen and oxygen atoms in total. The van der Waals surface area contributed by atoms with Crippen LogP contribution in [0.1, 0.15) is 26.2 Å². The van der Waals surface area contributed by atoms with Crippen molar-refractivity contribution in [3.63, 3.8) is 0 Å². The number of carbonyl (C=O) groups is 4. The van der Waals surface area contributed by atoms with Gasteiger partial charge in [-0.1, -0.05) is 0 Å². The predicted octanol–water partition coefficient (Wildman–Crippen LogP) is -0.776. The van der Waals surface area contributed by atoms with Crippen molar-refractivity contribution in [1.29, 1.82) is 0 Å². The number of carboxylic acid groups (broad SMARTS) is 2. The van der Waals surface area contributed by atoms with Crippen molar-refractivity contribution >= 4 is 23.9 Å². The number of rotatable bonds is 6. The van der Waals surface area contributed by atoms with E-state index in [0.717, 1.165) is 12.8 Å². The molecule has 0 bridgehead atoms. The van der Waals surface area contributed by atoms with Crippen LogP contribution in [0.2, 0.25) is 0 Å². The number of hydrogen-bond acceptors (Lipinski definition) is 4. The third-order valence-electron chi connectivity index (χ3n) is 3.12. The Hall–Kier alpha value is -2.32. The molecule has 1 aliphatic heterocycles. The Morgan fingerprint density at radius 1 is 1.10 bits per heavy atom. The quantitative estimate of drug-likeness (QED) is 0.508. The Morgan fingerprint density at radius 3 is 2.14 bits per heavy atom. The maximum atomic E-state index is 12.0. The van der Waals surface area contributed by atoms with Gasteiger partial charge < -0.3 is 25.7 Å². The highest BCUT2D eigenvalue weighted by atomic mass is 16.4. The van der Waals surface area contributed by atoms with E-state index in [1.807, 2.05) is 5.32 Å². The zero-order valence-electron chi connectivity index (χ0n) is 11.7. The van der Waals surface area contributed by atoms with E-state index in [2.05, 4.69) is 5.32 Å². The van der Waals surface area contributed by atoms with E-state index in [1.54, 1.807) is 4.90 Å². The second-order valence-electron chi connectivity index (χ2n) is 4.86. The lowest BCUT2D eigenvalue weighted by Crippen LogP contribution is -2.53. The number of hydrogen-bond donors (Lipinski definition) is 4. The molecule has 0 spiro atoms. The minimum Gasteiger partial charge on any atom is -0.481 e. The summed E-state index contributed by atoms with van der Waals surface area (Å²) in [5, 5.41) is 21.7. The summed E-state index contributed by atoms with van der Waals surface area (Å²) in [6.07, 6.45) is 1.10. The fraction of sp³-hybridized carbons (Fsp3) is 0.667. The third kappa shape index (κ3) is 5.28. The van der Waals surface area contributed by atoms with Gasteiger partial charge in [-0.3, -0.25) is 9.59 Å². The summed E-state index contributed by atoms with van der Waals surface area (Å²) in [4.78, 5) is 46.5. The summed E-state index contributed by atoms with van der Waals surface area (Å²) in [6.45, 7) is 2.78. The number of aliphatic carboxylic acids is 2. The van der Waals surface area contributed by atoms with E-state index in [0.29, 0.717) is 13.1 Å². The van der Waals surface area contributed by atoms with Crippen molar-refractivity contribution in [2.24, 2.45) is 0 Å². The van der Waals surface area contributed by atoms with Crippen molar-refractivity contribution in [3.05, 3.63) is 0 Å². The average Bonchev–Trinajstić information content (AvgIpc) is 2.89. The van der Waals surface area contributed by atoms with E-state index in [1.165, 1.54) is 6.92 Å². The standard InChI is InChI=1S/C12H19N3O6/c1-7(10(18)15-4-2-3-5-15)13-12(21)14-8(11(19)20)6-9(16)17/h7-8H,2-6H2,1H3,(H,16,17)(H,19,20)(H2,13,14,21)/t7?,8-/m1/s1. The lowest BCUT2D eigenvalue weighted by Gasteiger charge is -2.22. The average molecular weight is 301 g/mol. The van der Waals surface area contributed by atoms with Gasteiger partial charge >= 0.3 is 18.0 Å². The van der Waals surface area contributed by atoms with Gasteiger partial charge in [0, 0.05) is 13.1 Å². The topological polar surface area (TPSA) is 136 Å². The fourth-order valence-corrected chi connectivity index (χ4v) is 2.04. The van der Waals surface area contributed by atoms with Gasteiger partial charge in [-0.2, -0.15) is 0 Å². The Labute approximate surface area is 121 Å². The molecule has 0 aromatic heterocycles. The zero-order valence-corrected chi connectivity index (χ0v) is 11.7. The first-order chi connectivity index (χ1) is 9.81. The molecule has 0 radical (unpaired) electrons. The number of nitrogens with zero attached hydrogens (tertiary/aromatic N) is 1. The van der Waals surface area contributed by atoms with Crippen LogP contribution in [0.25, 0.3) is 0 Å². The van der Waals surface area contributed by atoms with Gasteiger partial charge in [0.05, 0.1) is 6.42 Å². The van der Waals surface area contributed by atoms with Gasteiger partial charge in [0.15, 0.2) is 0 Å². The van der Waals surface area contributed by atoms with E-state index in [4.69, 9.17) is 10.2 Å². The van der Waals surface area contributed by atoms with Gasteiger partial charge in [0.1, 0.15) is 12.1 Å². The maximum Gasteiger partial charge on any atom is 0.326 e. The maximum absolute atomic E-state index is 12.0. The van der Waals surface area contributed by atoms with Gasteiger partial charge in [-0.25, -0.2) is 9.59 Å². The number of amides is 3. The normalized spacial score (nSPS) is 16.9. The first kappa shape index (κ1) is 16.7. The molecular weight excluding hydrogens is 282 g/mol. The van der Waals surface area contributed by atoms with Crippen LogP contribution in [-0.2, 0) is 14.4 Å². The van der Waals surface area contributed by atoms with Crippen LogP contribution < -0.4 is 10.6 Å². The molecule has 0 aromatic carbocycles. The molecule has 118 valence electrons. The van der Waals surface area contributed by atoms with Crippen LogP contribution >= 0.6 is 0 Å². The van der Waals surface area contributed by atoms with Gasteiger partial charge in [-0.15, -0.1) is 0 Å².